The summed E-state index contributed by atoms with van der Waals surface area (Å²) in [4.78, 5) is 11.9. The number of anilines is 1. The molecule has 0 heterocycles. The molecule has 2 aromatic carbocycles. The second-order valence-electron chi connectivity index (χ2n) is 3.59. The van der Waals surface area contributed by atoms with Gasteiger partial charge in [-0.15, -0.1) is 0 Å². The van der Waals surface area contributed by atoms with Gasteiger partial charge in [0, 0.05) is 15.1 Å². The molecule has 0 aliphatic rings. The number of nitrogens with one attached hydrogen (secondary N) is 1. The predicted octanol–water partition coefficient (Wildman–Crippen LogP) is 4.49. The molecule has 1 N–H and O–H groups in total. The van der Waals surface area contributed by atoms with E-state index in [1.165, 1.54) is 18.2 Å². The maximum atomic E-state index is 13.4. The summed E-state index contributed by atoms with van der Waals surface area (Å²) in [7, 11) is 0. The van der Waals surface area contributed by atoms with Gasteiger partial charge in [0.05, 0.1) is 5.69 Å². The highest BCUT2D eigenvalue weighted by Gasteiger charge is 2.10. The molecule has 2 nitrogen and oxygen atoms in total. The van der Waals surface area contributed by atoms with Gasteiger partial charge in [-0.25, -0.2) is 4.39 Å². The maximum absolute atomic E-state index is 13.4. The fourth-order valence-corrected chi connectivity index (χ4v) is 2.30. The largest absolute Gasteiger partial charge is 0.319 e. The van der Waals surface area contributed by atoms with Crippen molar-refractivity contribution in [1.29, 1.82) is 0 Å². The lowest BCUT2D eigenvalue weighted by Gasteiger charge is -2.07. The van der Waals surface area contributed by atoms with Gasteiger partial charge in [0.2, 0.25) is 0 Å². The Hall–Kier alpha value is -1.39. The van der Waals surface area contributed by atoms with Gasteiger partial charge in [0.1, 0.15) is 5.82 Å². The second kappa shape index (κ2) is 5.50. The molecule has 0 fully saturated rings. The van der Waals surface area contributed by atoms with E-state index < -0.39 is 11.7 Å². The lowest BCUT2D eigenvalue weighted by atomic mass is 10.2. The average Bonchev–Trinajstić information content (AvgIpc) is 2.31. The molecule has 92 valence electrons. The molecule has 0 aromatic heterocycles. The van der Waals surface area contributed by atoms with E-state index in [2.05, 4.69) is 21.2 Å². The van der Waals surface area contributed by atoms with E-state index in [0.717, 1.165) is 0 Å². The van der Waals surface area contributed by atoms with E-state index in [-0.39, 0.29) is 5.69 Å². The van der Waals surface area contributed by atoms with Gasteiger partial charge in [0.25, 0.3) is 5.91 Å². The zero-order valence-corrected chi connectivity index (χ0v) is 11.4. The van der Waals surface area contributed by atoms with Crippen LogP contribution in [0.2, 0.25) is 5.02 Å². The van der Waals surface area contributed by atoms with E-state index in [4.69, 9.17) is 11.6 Å². The average molecular weight is 329 g/mol. The van der Waals surface area contributed by atoms with Crippen LogP contribution < -0.4 is 5.32 Å². The zero-order chi connectivity index (χ0) is 13.1. The Bertz CT molecular complexity index is 583. The Morgan fingerprint density at radius 1 is 1.22 bits per heavy atom. The minimum Gasteiger partial charge on any atom is -0.319 e. The van der Waals surface area contributed by atoms with Crippen molar-refractivity contribution >= 4 is 39.1 Å². The molecule has 0 saturated carbocycles. The first-order valence-electron chi connectivity index (χ1n) is 5.08. The minimum absolute atomic E-state index is 0.138. The van der Waals surface area contributed by atoms with Crippen LogP contribution in [0.1, 0.15) is 10.4 Å². The third-order valence-electron chi connectivity index (χ3n) is 2.25. The van der Waals surface area contributed by atoms with Crippen molar-refractivity contribution in [2.45, 2.75) is 0 Å². The van der Waals surface area contributed by atoms with Crippen LogP contribution in [0.15, 0.2) is 46.9 Å². The Balaban J connectivity index is 2.25. The predicted molar refractivity (Wildman–Crippen MR) is 73.5 cm³/mol. The van der Waals surface area contributed by atoms with Crippen LogP contribution >= 0.6 is 27.5 Å². The first-order chi connectivity index (χ1) is 8.56. The van der Waals surface area contributed by atoms with E-state index in [9.17, 15) is 9.18 Å². The van der Waals surface area contributed by atoms with Crippen molar-refractivity contribution in [2.75, 3.05) is 5.32 Å². The van der Waals surface area contributed by atoms with Crippen LogP contribution in [0.25, 0.3) is 0 Å². The molecule has 1 amide bonds. The van der Waals surface area contributed by atoms with Crippen molar-refractivity contribution in [2.24, 2.45) is 0 Å². The topological polar surface area (TPSA) is 29.1 Å². The molecule has 2 rings (SSSR count). The van der Waals surface area contributed by atoms with Gasteiger partial charge in [-0.2, -0.15) is 0 Å². The van der Waals surface area contributed by atoms with Gasteiger partial charge in [-0.05, 0) is 30.3 Å². The number of carbonyl (C=O) groups is 1. The second-order valence-corrected chi connectivity index (χ2v) is 4.94. The Morgan fingerprint density at radius 2 is 1.94 bits per heavy atom. The van der Waals surface area contributed by atoms with Crippen LogP contribution in [0.3, 0.4) is 0 Å². The lowest BCUT2D eigenvalue weighted by molar-refractivity contribution is 0.102. The van der Waals surface area contributed by atoms with E-state index in [1.807, 2.05) is 0 Å². The molecule has 0 atom stereocenters. The monoisotopic (exact) mass is 327 g/mol. The normalized spacial score (nSPS) is 10.2. The molecule has 0 unspecified atom stereocenters. The van der Waals surface area contributed by atoms with Crippen molar-refractivity contribution < 1.29 is 9.18 Å². The molecular formula is C13H8BrClFNO. The molecule has 0 bridgehead atoms. The number of carbonyl (C=O) groups excluding carboxylic acids is 1. The number of amides is 1. The molecule has 5 heteroatoms. The number of hydrogen-bond donors (Lipinski definition) is 1. The highest BCUT2D eigenvalue weighted by atomic mass is 79.9. The summed E-state index contributed by atoms with van der Waals surface area (Å²) in [5.41, 5.74) is 0.497. The fraction of sp³-hybridized carbons (Fsp3) is 0. The summed E-state index contributed by atoms with van der Waals surface area (Å²) in [6.07, 6.45) is 0. The lowest BCUT2D eigenvalue weighted by Crippen LogP contribution is -2.12. The Kier molecular flexibility index (Phi) is 3.99. The van der Waals surface area contributed by atoms with Gasteiger partial charge in [0.15, 0.2) is 0 Å². The van der Waals surface area contributed by atoms with Crippen molar-refractivity contribution in [3.05, 3.63) is 63.3 Å². The fourth-order valence-electron chi connectivity index (χ4n) is 1.44. The summed E-state index contributed by atoms with van der Waals surface area (Å²) in [5, 5.41) is 2.92. The van der Waals surface area contributed by atoms with Crippen LogP contribution in [0.5, 0.6) is 0 Å². The molecule has 18 heavy (non-hydrogen) atoms. The van der Waals surface area contributed by atoms with Gasteiger partial charge in [-0.1, -0.05) is 39.7 Å². The number of benzene rings is 2. The molecule has 0 saturated heterocycles. The first-order valence-corrected chi connectivity index (χ1v) is 6.25. The summed E-state index contributed by atoms with van der Waals surface area (Å²) < 4.78 is 14.1. The van der Waals surface area contributed by atoms with Crippen LogP contribution in [0, 0.1) is 5.82 Å². The number of rotatable bonds is 2. The van der Waals surface area contributed by atoms with Gasteiger partial charge in [-0.3, -0.25) is 4.79 Å². The smallest absolute Gasteiger partial charge is 0.255 e. The van der Waals surface area contributed by atoms with E-state index in [0.29, 0.717) is 15.1 Å². The number of hydrogen-bond acceptors (Lipinski definition) is 1. The molecule has 0 aliphatic carbocycles. The van der Waals surface area contributed by atoms with Crippen molar-refractivity contribution in [3.8, 4) is 0 Å². The minimum atomic E-state index is -0.480. The zero-order valence-electron chi connectivity index (χ0n) is 9.08. The summed E-state index contributed by atoms with van der Waals surface area (Å²) in [6, 6.07) is 10.8. The van der Waals surface area contributed by atoms with Crippen molar-refractivity contribution in [3.63, 3.8) is 0 Å². The first kappa shape index (κ1) is 13.1. The molecule has 0 radical (unpaired) electrons. The molecule has 2 aromatic rings. The van der Waals surface area contributed by atoms with E-state index in [1.54, 1.807) is 24.3 Å². The number of para-hydroxylation sites is 1. The third-order valence-corrected chi connectivity index (χ3v) is 2.92. The van der Waals surface area contributed by atoms with Crippen LogP contribution in [0.4, 0.5) is 10.1 Å². The van der Waals surface area contributed by atoms with Gasteiger partial charge >= 0.3 is 0 Å². The van der Waals surface area contributed by atoms with Crippen molar-refractivity contribution in [1.82, 2.24) is 0 Å². The SMILES string of the molecule is O=C(Nc1ccccc1F)c1cc(Cl)cc(Br)c1. The highest BCUT2D eigenvalue weighted by Crippen LogP contribution is 2.21. The Labute approximate surface area is 117 Å². The molecular weight excluding hydrogens is 321 g/mol. The Morgan fingerprint density at radius 3 is 2.61 bits per heavy atom. The van der Waals surface area contributed by atoms with Gasteiger partial charge < -0.3 is 5.32 Å². The summed E-state index contributed by atoms with van der Waals surface area (Å²) in [5.74, 6) is -0.893. The van der Waals surface area contributed by atoms with Crippen LogP contribution in [-0.4, -0.2) is 5.91 Å². The summed E-state index contributed by atoms with van der Waals surface area (Å²) >= 11 is 9.09. The highest BCUT2D eigenvalue weighted by molar-refractivity contribution is 9.10. The standard InChI is InChI=1S/C13H8BrClFNO/c14-9-5-8(6-10(15)7-9)13(18)17-12-4-2-1-3-11(12)16/h1-7H,(H,17,18). The van der Waals surface area contributed by atoms with E-state index >= 15 is 0 Å². The number of halogens is 3. The summed E-state index contributed by atoms with van der Waals surface area (Å²) in [6.45, 7) is 0. The van der Waals surface area contributed by atoms with Crippen LogP contribution in [-0.2, 0) is 0 Å². The maximum Gasteiger partial charge on any atom is 0.255 e. The molecule has 0 spiro atoms. The molecule has 0 aliphatic heterocycles. The third kappa shape index (κ3) is 3.09. The quantitative estimate of drug-likeness (QED) is 0.864.